The van der Waals surface area contributed by atoms with Gasteiger partial charge in [0, 0.05) is 7.47 Å². The Kier molecular flexibility index (Phi) is 2.58. The van der Waals surface area contributed by atoms with Gasteiger partial charge in [0.15, 0.2) is 0 Å². The average molecular weight is 157 g/mol. The Bertz CT molecular complexity index is 130. The number of fused-ring (bicyclic) bond motifs is 1. The normalized spacial score (nSPS) is 46.9. The van der Waals surface area contributed by atoms with Crippen molar-refractivity contribution in [1.29, 1.82) is 0 Å². The highest BCUT2D eigenvalue weighted by Gasteiger charge is 2.50. The Morgan fingerprint density at radius 2 is 1.91 bits per heavy atom. The molecule has 0 radical (unpaired) electrons. The van der Waals surface area contributed by atoms with Gasteiger partial charge in [0.2, 0.25) is 0 Å². The molecule has 0 heterocycles. The van der Waals surface area contributed by atoms with E-state index >= 15 is 0 Å². The summed E-state index contributed by atoms with van der Waals surface area (Å²) in [6.45, 7) is 6.36. The largest absolute Gasteiger partial charge is 0.327 e. The highest BCUT2D eigenvalue weighted by atomic mass is 14.8. The van der Waals surface area contributed by atoms with Crippen LogP contribution in [0.1, 0.15) is 47.9 Å². The van der Waals surface area contributed by atoms with E-state index in [1.807, 2.05) is 13.8 Å². The molecule has 3 atom stereocenters. The number of hydrogen-bond acceptors (Lipinski definition) is 1. The first kappa shape index (κ1) is 9.05. The quantitative estimate of drug-likeness (QED) is 0.575. The van der Waals surface area contributed by atoms with Gasteiger partial charge in [-0.25, -0.2) is 0 Å². The molecule has 2 unspecified atom stereocenters. The molecule has 2 rings (SSSR count). The molecule has 2 N–H and O–H groups in total. The van der Waals surface area contributed by atoms with Gasteiger partial charge in [0.25, 0.3) is 0 Å². The lowest BCUT2D eigenvalue weighted by Crippen LogP contribution is -2.44. The highest BCUT2D eigenvalue weighted by Crippen LogP contribution is 2.56. The van der Waals surface area contributed by atoms with Crippen molar-refractivity contribution < 1.29 is 1.43 Å². The van der Waals surface area contributed by atoms with Crippen molar-refractivity contribution in [3.8, 4) is 0 Å². The minimum absolute atomic E-state index is 0. The smallest absolute Gasteiger partial charge is 0.00956 e. The highest BCUT2D eigenvalue weighted by molar-refractivity contribution is 5.04. The lowest BCUT2D eigenvalue weighted by Gasteiger charge is -2.44. The Balaban J connectivity index is 0.000000378. The second-order valence-electron chi connectivity index (χ2n) is 3.93. The third-order valence-electron chi connectivity index (χ3n) is 3.64. The van der Waals surface area contributed by atoms with Gasteiger partial charge in [-0.15, -0.1) is 0 Å². The molecule has 0 bridgehead atoms. The van der Waals surface area contributed by atoms with Crippen LogP contribution < -0.4 is 5.73 Å². The van der Waals surface area contributed by atoms with Crippen LogP contribution in [0, 0.1) is 11.3 Å². The fourth-order valence-electron chi connectivity index (χ4n) is 2.48. The lowest BCUT2D eigenvalue weighted by molar-refractivity contribution is 0.0719. The molecule has 68 valence electrons. The van der Waals surface area contributed by atoms with E-state index < -0.39 is 0 Å². The zero-order chi connectivity index (χ0) is 8.48. The third kappa shape index (κ3) is 1.20. The summed E-state index contributed by atoms with van der Waals surface area (Å²) in [4.78, 5) is 0. The first-order valence-corrected chi connectivity index (χ1v) is 4.99. The van der Waals surface area contributed by atoms with Crippen LogP contribution in [-0.4, -0.2) is 6.04 Å². The van der Waals surface area contributed by atoms with Gasteiger partial charge in [-0.3, -0.25) is 0 Å². The third-order valence-corrected chi connectivity index (χ3v) is 3.64. The Morgan fingerprint density at radius 3 is 2.09 bits per heavy atom. The first-order valence-electron chi connectivity index (χ1n) is 4.99. The van der Waals surface area contributed by atoms with Gasteiger partial charge >= 0.3 is 0 Å². The van der Waals surface area contributed by atoms with Crippen molar-refractivity contribution in [3.05, 3.63) is 0 Å². The van der Waals surface area contributed by atoms with Crippen LogP contribution in [0.25, 0.3) is 0 Å². The SMILES string of the molecule is CC.C[C@]12CCC1CCC2N.[HH]. The molecule has 0 aromatic carbocycles. The predicted molar refractivity (Wildman–Crippen MR) is 51.5 cm³/mol. The van der Waals surface area contributed by atoms with Crippen LogP contribution in [-0.2, 0) is 0 Å². The van der Waals surface area contributed by atoms with Gasteiger partial charge in [0.05, 0.1) is 0 Å². The van der Waals surface area contributed by atoms with Crippen LogP contribution in [0.4, 0.5) is 0 Å². The Hall–Kier alpha value is -0.0400. The van der Waals surface area contributed by atoms with Gasteiger partial charge < -0.3 is 5.73 Å². The van der Waals surface area contributed by atoms with Crippen molar-refractivity contribution >= 4 is 0 Å². The number of hydrogen-bond donors (Lipinski definition) is 1. The zero-order valence-electron chi connectivity index (χ0n) is 8.06. The van der Waals surface area contributed by atoms with Gasteiger partial charge in [-0.05, 0) is 37.0 Å². The number of nitrogens with two attached hydrogens (primary N) is 1. The molecule has 1 heteroatoms. The fourth-order valence-corrected chi connectivity index (χ4v) is 2.48. The second-order valence-corrected chi connectivity index (χ2v) is 3.93. The summed E-state index contributed by atoms with van der Waals surface area (Å²) < 4.78 is 0. The molecule has 0 saturated heterocycles. The van der Waals surface area contributed by atoms with Crippen molar-refractivity contribution in [3.63, 3.8) is 0 Å². The molecule has 2 aliphatic rings. The molecule has 2 saturated carbocycles. The van der Waals surface area contributed by atoms with Crippen LogP contribution in [0.3, 0.4) is 0 Å². The molecule has 0 spiro atoms. The molecule has 1 nitrogen and oxygen atoms in total. The van der Waals surface area contributed by atoms with E-state index in [9.17, 15) is 0 Å². The molecule has 11 heavy (non-hydrogen) atoms. The van der Waals surface area contributed by atoms with Crippen molar-refractivity contribution in [2.75, 3.05) is 0 Å². The van der Waals surface area contributed by atoms with Gasteiger partial charge in [-0.1, -0.05) is 20.8 Å². The Labute approximate surface area is 71.8 Å². The van der Waals surface area contributed by atoms with E-state index in [1.165, 1.54) is 25.7 Å². The molecule has 0 aromatic rings. The minimum atomic E-state index is 0. The molecular formula is C10H23N. The minimum Gasteiger partial charge on any atom is -0.327 e. The van der Waals surface area contributed by atoms with Crippen LogP contribution in [0.2, 0.25) is 0 Å². The molecule has 2 aliphatic carbocycles. The van der Waals surface area contributed by atoms with Crippen LogP contribution >= 0.6 is 0 Å². The zero-order valence-corrected chi connectivity index (χ0v) is 8.06. The van der Waals surface area contributed by atoms with E-state index in [4.69, 9.17) is 5.73 Å². The maximum absolute atomic E-state index is 5.95. The number of rotatable bonds is 0. The van der Waals surface area contributed by atoms with E-state index in [0.29, 0.717) is 11.5 Å². The summed E-state index contributed by atoms with van der Waals surface area (Å²) in [6.07, 6.45) is 5.52. The van der Waals surface area contributed by atoms with Crippen molar-refractivity contribution in [1.82, 2.24) is 0 Å². The van der Waals surface area contributed by atoms with Crippen LogP contribution in [0.15, 0.2) is 0 Å². The van der Waals surface area contributed by atoms with Gasteiger partial charge in [0.1, 0.15) is 0 Å². The lowest BCUT2D eigenvalue weighted by atomic mass is 9.62. The van der Waals surface area contributed by atoms with Crippen molar-refractivity contribution in [2.45, 2.75) is 52.5 Å². The van der Waals surface area contributed by atoms with Crippen molar-refractivity contribution in [2.24, 2.45) is 17.1 Å². The molecule has 0 aromatic heterocycles. The van der Waals surface area contributed by atoms with E-state index in [2.05, 4.69) is 6.92 Å². The molecule has 0 amide bonds. The fraction of sp³-hybridized carbons (Fsp3) is 1.00. The Morgan fingerprint density at radius 1 is 1.27 bits per heavy atom. The average Bonchev–Trinajstić information content (AvgIpc) is 2.20. The second kappa shape index (κ2) is 3.14. The topological polar surface area (TPSA) is 26.0 Å². The maximum Gasteiger partial charge on any atom is 0.00956 e. The van der Waals surface area contributed by atoms with E-state index in [-0.39, 0.29) is 1.43 Å². The summed E-state index contributed by atoms with van der Waals surface area (Å²) in [6, 6.07) is 0.524. The molecule has 2 fully saturated rings. The monoisotopic (exact) mass is 157 g/mol. The first-order chi connectivity index (χ1) is 5.23. The van der Waals surface area contributed by atoms with E-state index in [0.717, 1.165) is 5.92 Å². The summed E-state index contributed by atoms with van der Waals surface area (Å²) in [7, 11) is 0. The summed E-state index contributed by atoms with van der Waals surface area (Å²) in [5, 5.41) is 0. The summed E-state index contributed by atoms with van der Waals surface area (Å²) in [5.41, 5.74) is 6.52. The van der Waals surface area contributed by atoms with Crippen LogP contribution in [0.5, 0.6) is 0 Å². The molecule has 0 aliphatic heterocycles. The standard InChI is InChI=1S/C8H15N.C2H6.H2/c1-8-5-4-6(8)2-3-7(8)9;1-2;/h6-7H,2-5,9H2,1H3;1-2H3;1H/t6?,7?,8-;;/m0../s1. The van der Waals surface area contributed by atoms with E-state index in [1.54, 1.807) is 0 Å². The maximum atomic E-state index is 5.95. The summed E-state index contributed by atoms with van der Waals surface area (Å²) >= 11 is 0. The van der Waals surface area contributed by atoms with Gasteiger partial charge in [-0.2, -0.15) is 0 Å². The molecular weight excluding hydrogens is 134 g/mol. The predicted octanol–water partition coefficient (Wildman–Crippen LogP) is 2.80. The summed E-state index contributed by atoms with van der Waals surface area (Å²) in [5.74, 6) is 0.993.